The van der Waals surface area contributed by atoms with Gasteiger partial charge in [0, 0.05) is 23.9 Å². The maximum Gasteiger partial charge on any atom is 0.453 e. The molecule has 3 rings (SSSR count). The standard InChI is InChI=1S/C17H17ClF3N5O/c1-9-8-13(26-16(22-9)24-15(25-26)17(19,20)21)23-10(2)14(27-3)11-4-6-12(18)7-5-11/h4-8,10,14,23H,1-3H3. The molecule has 144 valence electrons. The predicted octanol–water partition coefficient (Wildman–Crippen LogP) is 4.29. The van der Waals surface area contributed by atoms with Crippen molar-refractivity contribution < 1.29 is 17.9 Å². The van der Waals surface area contributed by atoms with E-state index in [0.717, 1.165) is 10.1 Å². The fourth-order valence-corrected chi connectivity index (χ4v) is 2.93. The van der Waals surface area contributed by atoms with Crippen LogP contribution in [0.2, 0.25) is 5.02 Å². The molecule has 10 heteroatoms. The van der Waals surface area contributed by atoms with Crippen LogP contribution < -0.4 is 5.32 Å². The molecule has 0 bridgehead atoms. The first-order valence-electron chi connectivity index (χ1n) is 8.05. The van der Waals surface area contributed by atoms with Gasteiger partial charge in [0.2, 0.25) is 0 Å². The molecule has 0 saturated heterocycles. The minimum Gasteiger partial charge on any atom is -0.375 e. The molecule has 2 aromatic heterocycles. The summed E-state index contributed by atoms with van der Waals surface area (Å²) in [4.78, 5) is 7.49. The van der Waals surface area contributed by atoms with Gasteiger partial charge in [0.25, 0.3) is 11.6 Å². The third kappa shape index (κ3) is 4.14. The van der Waals surface area contributed by atoms with E-state index in [1.165, 1.54) is 0 Å². The van der Waals surface area contributed by atoms with E-state index >= 15 is 0 Å². The predicted molar refractivity (Wildman–Crippen MR) is 94.8 cm³/mol. The first kappa shape index (κ1) is 19.4. The van der Waals surface area contributed by atoms with E-state index in [9.17, 15) is 13.2 Å². The van der Waals surface area contributed by atoms with Crippen molar-refractivity contribution in [3.8, 4) is 0 Å². The molecule has 1 N–H and O–H groups in total. The number of nitrogens with zero attached hydrogens (tertiary/aromatic N) is 4. The number of hydrogen-bond acceptors (Lipinski definition) is 5. The highest BCUT2D eigenvalue weighted by Gasteiger charge is 2.37. The normalized spacial score (nSPS) is 14.3. The molecular weight excluding hydrogens is 383 g/mol. The zero-order valence-corrected chi connectivity index (χ0v) is 15.5. The maximum absolute atomic E-state index is 12.9. The minimum absolute atomic E-state index is 0.127. The lowest BCUT2D eigenvalue weighted by atomic mass is 10.0. The van der Waals surface area contributed by atoms with Crippen LogP contribution in [0, 0.1) is 6.92 Å². The average Bonchev–Trinajstić information content (AvgIpc) is 3.01. The van der Waals surface area contributed by atoms with Crippen molar-refractivity contribution in [2.45, 2.75) is 32.2 Å². The molecule has 0 radical (unpaired) electrons. The van der Waals surface area contributed by atoms with Gasteiger partial charge in [0.1, 0.15) is 11.9 Å². The quantitative estimate of drug-likeness (QED) is 0.693. The molecule has 2 heterocycles. The van der Waals surface area contributed by atoms with E-state index in [2.05, 4.69) is 20.4 Å². The van der Waals surface area contributed by atoms with Gasteiger partial charge in [-0.3, -0.25) is 0 Å². The molecule has 0 aliphatic heterocycles. The van der Waals surface area contributed by atoms with Crippen LogP contribution in [0.5, 0.6) is 0 Å². The van der Waals surface area contributed by atoms with E-state index < -0.39 is 12.0 Å². The Hall–Kier alpha value is -2.39. The number of halogens is 4. The molecule has 0 spiro atoms. The molecule has 0 fully saturated rings. The summed E-state index contributed by atoms with van der Waals surface area (Å²) in [5.74, 6) is -1.03. The zero-order valence-electron chi connectivity index (χ0n) is 14.8. The van der Waals surface area contributed by atoms with Crippen molar-refractivity contribution in [2.24, 2.45) is 0 Å². The van der Waals surface area contributed by atoms with Crippen molar-refractivity contribution in [3.63, 3.8) is 0 Å². The molecule has 0 aliphatic carbocycles. The Morgan fingerprint density at radius 2 is 1.85 bits per heavy atom. The summed E-state index contributed by atoms with van der Waals surface area (Å²) in [6, 6.07) is 8.47. The van der Waals surface area contributed by atoms with E-state index in [1.54, 1.807) is 32.2 Å². The fourth-order valence-electron chi connectivity index (χ4n) is 2.80. The lowest BCUT2D eigenvalue weighted by molar-refractivity contribution is -0.144. The van der Waals surface area contributed by atoms with Gasteiger partial charge < -0.3 is 10.1 Å². The molecule has 3 aromatic rings. The number of benzene rings is 1. The maximum atomic E-state index is 12.9. The Kier molecular flexibility index (Phi) is 5.25. The Balaban J connectivity index is 1.94. The van der Waals surface area contributed by atoms with Gasteiger partial charge in [-0.2, -0.15) is 22.7 Å². The van der Waals surface area contributed by atoms with Crippen LogP contribution in [0.15, 0.2) is 30.3 Å². The SMILES string of the molecule is COC(c1ccc(Cl)cc1)C(C)Nc1cc(C)nc2nc(C(F)(F)F)nn12. The van der Waals surface area contributed by atoms with Crippen LogP contribution in [0.3, 0.4) is 0 Å². The zero-order chi connectivity index (χ0) is 19.8. The number of nitrogens with one attached hydrogen (secondary N) is 1. The molecule has 0 saturated carbocycles. The molecule has 2 atom stereocenters. The summed E-state index contributed by atoms with van der Waals surface area (Å²) in [7, 11) is 1.56. The Labute approximate surface area is 158 Å². The van der Waals surface area contributed by atoms with Gasteiger partial charge >= 0.3 is 6.18 Å². The van der Waals surface area contributed by atoms with E-state index in [4.69, 9.17) is 16.3 Å². The summed E-state index contributed by atoms with van der Waals surface area (Å²) >= 11 is 5.92. The second kappa shape index (κ2) is 7.32. The van der Waals surface area contributed by atoms with Crippen LogP contribution in [-0.4, -0.2) is 32.7 Å². The Morgan fingerprint density at radius 3 is 2.44 bits per heavy atom. The lowest BCUT2D eigenvalue weighted by Gasteiger charge is -2.25. The number of aryl methyl sites for hydroxylation is 1. The van der Waals surface area contributed by atoms with Gasteiger partial charge in [-0.1, -0.05) is 23.7 Å². The van der Waals surface area contributed by atoms with Crippen molar-refractivity contribution in [1.82, 2.24) is 19.6 Å². The monoisotopic (exact) mass is 399 g/mol. The summed E-state index contributed by atoms with van der Waals surface area (Å²) in [6.07, 6.45) is -5.01. The topological polar surface area (TPSA) is 64.3 Å². The average molecular weight is 400 g/mol. The van der Waals surface area contributed by atoms with Crippen molar-refractivity contribution in [2.75, 3.05) is 12.4 Å². The first-order chi connectivity index (χ1) is 12.7. The number of anilines is 1. The molecule has 1 aromatic carbocycles. The summed E-state index contributed by atoms with van der Waals surface area (Å²) in [6.45, 7) is 3.52. The molecule has 6 nitrogen and oxygen atoms in total. The van der Waals surface area contributed by atoms with Crippen LogP contribution in [0.4, 0.5) is 19.0 Å². The largest absolute Gasteiger partial charge is 0.453 e. The highest BCUT2D eigenvalue weighted by atomic mass is 35.5. The Morgan fingerprint density at radius 1 is 1.19 bits per heavy atom. The molecule has 0 amide bonds. The second-order valence-electron chi connectivity index (χ2n) is 6.07. The van der Waals surface area contributed by atoms with Gasteiger partial charge in [0.15, 0.2) is 0 Å². The number of fused-ring (bicyclic) bond motifs is 1. The second-order valence-corrected chi connectivity index (χ2v) is 6.51. The van der Waals surface area contributed by atoms with E-state index in [0.29, 0.717) is 16.5 Å². The van der Waals surface area contributed by atoms with E-state index in [-0.39, 0.29) is 17.9 Å². The van der Waals surface area contributed by atoms with Crippen molar-refractivity contribution in [3.05, 3.63) is 52.4 Å². The van der Waals surface area contributed by atoms with Gasteiger partial charge in [-0.05, 0) is 31.5 Å². The van der Waals surface area contributed by atoms with Crippen LogP contribution in [-0.2, 0) is 10.9 Å². The number of alkyl halides is 3. The minimum atomic E-state index is -4.65. The highest BCUT2D eigenvalue weighted by molar-refractivity contribution is 6.30. The number of rotatable bonds is 5. The Bertz CT molecular complexity index is 942. The summed E-state index contributed by atoms with van der Waals surface area (Å²) < 4.78 is 45.4. The van der Waals surface area contributed by atoms with Crippen LogP contribution >= 0.6 is 11.6 Å². The molecule has 27 heavy (non-hydrogen) atoms. The summed E-state index contributed by atoms with van der Waals surface area (Å²) in [5.41, 5.74) is 1.39. The van der Waals surface area contributed by atoms with E-state index in [1.807, 2.05) is 19.1 Å². The van der Waals surface area contributed by atoms with Crippen molar-refractivity contribution in [1.29, 1.82) is 0 Å². The van der Waals surface area contributed by atoms with Crippen LogP contribution in [0.25, 0.3) is 5.78 Å². The number of hydrogen-bond donors (Lipinski definition) is 1. The van der Waals surface area contributed by atoms with Gasteiger partial charge in [0.05, 0.1) is 6.04 Å². The number of ether oxygens (including phenoxy) is 1. The number of aromatic nitrogens is 4. The third-order valence-electron chi connectivity index (χ3n) is 3.98. The highest BCUT2D eigenvalue weighted by Crippen LogP contribution is 2.28. The molecule has 2 unspecified atom stereocenters. The summed E-state index contributed by atoms with van der Waals surface area (Å²) in [5, 5.41) is 7.29. The number of methoxy groups -OCH3 is 1. The molecule has 0 aliphatic rings. The molecular formula is C17H17ClF3N5O. The van der Waals surface area contributed by atoms with Crippen molar-refractivity contribution >= 4 is 23.2 Å². The van der Waals surface area contributed by atoms with Gasteiger partial charge in [-0.15, -0.1) is 5.10 Å². The van der Waals surface area contributed by atoms with Gasteiger partial charge in [-0.25, -0.2) is 4.98 Å². The smallest absolute Gasteiger partial charge is 0.375 e. The third-order valence-corrected chi connectivity index (χ3v) is 4.23. The van der Waals surface area contributed by atoms with Crippen LogP contribution in [0.1, 0.15) is 30.1 Å². The lowest BCUT2D eigenvalue weighted by Crippen LogP contribution is -2.27. The fraction of sp³-hybridized carbons (Fsp3) is 0.353. The first-order valence-corrected chi connectivity index (χ1v) is 8.43.